The minimum absolute atomic E-state index is 0.0224. The molecule has 0 spiro atoms. The summed E-state index contributed by atoms with van der Waals surface area (Å²) in [6.07, 6.45) is 0.981. The summed E-state index contributed by atoms with van der Waals surface area (Å²) >= 11 is 0. The first-order chi connectivity index (χ1) is 8.50. The molecule has 0 radical (unpaired) electrons. The van der Waals surface area contributed by atoms with Crippen molar-refractivity contribution in [1.29, 1.82) is 0 Å². The van der Waals surface area contributed by atoms with Crippen molar-refractivity contribution in [3.63, 3.8) is 0 Å². The average molecular weight is 259 g/mol. The number of nitrogens with one attached hydrogen (secondary N) is 1. The van der Waals surface area contributed by atoms with Crippen LogP contribution in [-0.2, 0) is 15.1 Å². The molecular weight excluding hydrogens is 247 g/mol. The van der Waals surface area contributed by atoms with Gasteiger partial charge in [-0.05, 0) is 18.9 Å². The first-order valence-corrected chi connectivity index (χ1v) is 5.44. The Bertz CT molecular complexity index is 486. The van der Waals surface area contributed by atoms with E-state index in [-0.39, 0.29) is 12.2 Å². The Morgan fingerprint density at radius 2 is 2.00 bits per heavy atom. The van der Waals surface area contributed by atoms with Crippen LogP contribution in [0.25, 0.3) is 0 Å². The summed E-state index contributed by atoms with van der Waals surface area (Å²) in [5.41, 5.74) is -0.945. The Labute approximate surface area is 102 Å². The molecule has 0 atom stereocenters. The lowest BCUT2D eigenvalue weighted by Gasteiger charge is -2.18. The molecule has 1 fully saturated rings. The highest BCUT2D eigenvalue weighted by atomic mass is 19.2. The lowest BCUT2D eigenvalue weighted by molar-refractivity contribution is -0.125. The van der Waals surface area contributed by atoms with Crippen LogP contribution in [-0.4, -0.2) is 19.6 Å². The zero-order valence-corrected chi connectivity index (χ0v) is 9.73. The van der Waals surface area contributed by atoms with Gasteiger partial charge in [0.1, 0.15) is 6.61 Å². The van der Waals surface area contributed by atoms with E-state index in [0.29, 0.717) is 12.8 Å². The van der Waals surface area contributed by atoms with Gasteiger partial charge in [0.25, 0.3) is 0 Å². The van der Waals surface area contributed by atoms with Crippen molar-refractivity contribution in [2.75, 3.05) is 13.7 Å². The number of hydrogen-bond acceptors (Lipinski definition) is 2. The smallest absolute Gasteiger partial charge is 0.246 e. The molecule has 1 amide bonds. The number of amides is 1. The van der Waals surface area contributed by atoms with Crippen molar-refractivity contribution < 1.29 is 22.7 Å². The number of carbonyl (C=O) groups excluding carboxylic acids is 1. The summed E-state index contributed by atoms with van der Waals surface area (Å²) in [5.74, 6) is -4.42. The van der Waals surface area contributed by atoms with Crippen molar-refractivity contribution in [1.82, 2.24) is 5.32 Å². The van der Waals surface area contributed by atoms with Gasteiger partial charge in [-0.1, -0.05) is 6.07 Å². The lowest BCUT2D eigenvalue weighted by Crippen LogP contribution is -2.37. The molecule has 98 valence electrons. The maximum absolute atomic E-state index is 13.6. The molecule has 1 aliphatic rings. The van der Waals surface area contributed by atoms with Crippen molar-refractivity contribution >= 4 is 5.91 Å². The number of methoxy groups -OCH3 is 1. The van der Waals surface area contributed by atoms with Crippen LogP contribution in [0.3, 0.4) is 0 Å². The molecule has 0 heterocycles. The molecule has 1 aliphatic carbocycles. The fourth-order valence-electron chi connectivity index (χ4n) is 1.92. The predicted octanol–water partition coefficient (Wildman–Crippen LogP) is 1.86. The third kappa shape index (κ3) is 2.20. The number of rotatable bonds is 4. The standard InChI is InChI=1S/C12H12F3NO2/c1-18-6-9(17)16-12(4-5-12)7-2-3-8(13)11(15)10(7)14/h2-3H,4-6H2,1H3,(H,16,17). The first-order valence-electron chi connectivity index (χ1n) is 5.44. The zero-order valence-electron chi connectivity index (χ0n) is 9.73. The van der Waals surface area contributed by atoms with E-state index >= 15 is 0 Å². The van der Waals surface area contributed by atoms with Gasteiger partial charge in [-0.15, -0.1) is 0 Å². The Morgan fingerprint density at radius 3 is 2.56 bits per heavy atom. The Hall–Kier alpha value is -1.56. The third-order valence-corrected chi connectivity index (χ3v) is 2.95. The number of halogens is 3. The summed E-state index contributed by atoms with van der Waals surface area (Å²) in [6.45, 7) is -0.160. The Kier molecular flexibility index (Phi) is 3.30. The molecule has 0 saturated heterocycles. The highest BCUT2D eigenvalue weighted by Gasteiger charge is 2.48. The van der Waals surface area contributed by atoms with Crippen LogP contribution < -0.4 is 5.32 Å². The largest absolute Gasteiger partial charge is 0.375 e. The Morgan fingerprint density at radius 1 is 1.33 bits per heavy atom. The summed E-state index contributed by atoms with van der Waals surface area (Å²) in [6, 6.07) is 2.02. The molecule has 0 aromatic heterocycles. The molecule has 2 rings (SSSR count). The van der Waals surface area contributed by atoms with Gasteiger partial charge in [0.15, 0.2) is 17.5 Å². The predicted molar refractivity (Wildman–Crippen MR) is 57.2 cm³/mol. The van der Waals surface area contributed by atoms with Crippen molar-refractivity contribution in [3.8, 4) is 0 Å². The van der Waals surface area contributed by atoms with Gasteiger partial charge >= 0.3 is 0 Å². The van der Waals surface area contributed by atoms with Crippen LogP contribution in [0, 0.1) is 17.5 Å². The van der Waals surface area contributed by atoms with Gasteiger partial charge < -0.3 is 10.1 Å². The van der Waals surface area contributed by atoms with Crippen molar-refractivity contribution in [2.24, 2.45) is 0 Å². The van der Waals surface area contributed by atoms with E-state index in [1.807, 2.05) is 0 Å². The normalized spacial score (nSPS) is 16.4. The fraction of sp³-hybridized carbons (Fsp3) is 0.417. The molecule has 1 aromatic carbocycles. The topological polar surface area (TPSA) is 38.3 Å². The second-order valence-electron chi connectivity index (χ2n) is 4.29. The van der Waals surface area contributed by atoms with Gasteiger partial charge in [0.05, 0.1) is 5.54 Å². The maximum Gasteiger partial charge on any atom is 0.246 e. The second kappa shape index (κ2) is 4.61. The zero-order chi connectivity index (χ0) is 13.3. The minimum Gasteiger partial charge on any atom is -0.375 e. The van der Waals surface area contributed by atoms with E-state index in [4.69, 9.17) is 0 Å². The van der Waals surface area contributed by atoms with Crippen LogP contribution in [0.15, 0.2) is 12.1 Å². The lowest BCUT2D eigenvalue weighted by atomic mass is 10.0. The SMILES string of the molecule is COCC(=O)NC1(c2ccc(F)c(F)c2F)CC1. The highest BCUT2D eigenvalue weighted by molar-refractivity contribution is 5.78. The van der Waals surface area contributed by atoms with E-state index in [9.17, 15) is 18.0 Å². The molecular formula is C12H12F3NO2. The number of carbonyl (C=O) groups is 1. The van der Waals surface area contributed by atoms with Gasteiger partial charge in [-0.2, -0.15) is 0 Å². The van der Waals surface area contributed by atoms with Crippen LogP contribution >= 0.6 is 0 Å². The molecule has 0 bridgehead atoms. The van der Waals surface area contributed by atoms with Crippen LogP contribution in [0.2, 0.25) is 0 Å². The van der Waals surface area contributed by atoms with E-state index in [0.717, 1.165) is 12.1 Å². The van der Waals surface area contributed by atoms with E-state index in [1.165, 1.54) is 7.11 Å². The number of hydrogen-bond donors (Lipinski definition) is 1. The molecule has 6 heteroatoms. The second-order valence-corrected chi connectivity index (χ2v) is 4.29. The molecule has 0 aliphatic heterocycles. The number of benzene rings is 1. The summed E-state index contributed by atoms with van der Waals surface area (Å²) in [5, 5.41) is 2.58. The van der Waals surface area contributed by atoms with Crippen LogP contribution in [0.5, 0.6) is 0 Å². The maximum atomic E-state index is 13.6. The third-order valence-electron chi connectivity index (χ3n) is 2.95. The average Bonchev–Trinajstić information content (AvgIpc) is 3.07. The van der Waals surface area contributed by atoms with E-state index in [2.05, 4.69) is 10.1 Å². The van der Waals surface area contributed by atoms with E-state index in [1.54, 1.807) is 0 Å². The van der Waals surface area contributed by atoms with Gasteiger partial charge in [-0.3, -0.25) is 4.79 Å². The monoisotopic (exact) mass is 259 g/mol. The molecule has 18 heavy (non-hydrogen) atoms. The fourth-order valence-corrected chi connectivity index (χ4v) is 1.92. The summed E-state index contributed by atoms with van der Waals surface area (Å²) in [4.78, 5) is 11.4. The minimum atomic E-state index is -1.51. The van der Waals surface area contributed by atoms with Crippen molar-refractivity contribution in [3.05, 3.63) is 35.1 Å². The van der Waals surface area contributed by atoms with Gasteiger partial charge in [0, 0.05) is 12.7 Å². The van der Waals surface area contributed by atoms with Gasteiger partial charge in [-0.25, -0.2) is 13.2 Å². The highest BCUT2D eigenvalue weighted by Crippen LogP contribution is 2.46. The van der Waals surface area contributed by atoms with Gasteiger partial charge in [0.2, 0.25) is 5.91 Å². The van der Waals surface area contributed by atoms with E-state index < -0.39 is 28.9 Å². The molecule has 1 saturated carbocycles. The summed E-state index contributed by atoms with van der Waals surface area (Å²) in [7, 11) is 1.36. The Balaban J connectivity index is 2.26. The van der Waals surface area contributed by atoms with Crippen LogP contribution in [0.1, 0.15) is 18.4 Å². The quantitative estimate of drug-likeness (QED) is 0.838. The number of ether oxygens (including phenoxy) is 1. The van der Waals surface area contributed by atoms with Crippen molar-refractivity contribution in [2.45, 2.75) is 18.4 Å². The molecule has 1 aromatic rings. The van der Waals surface area contributed by atoms with Crippen LogP contribution in [0.4, 0.5) is 13.2 Å². The first kappa shape index (κ1) is 12.9. The molecule has 1 N–H and O–H groups in total. The summed E-state index contributed by atoms with van der Waals surface area (Å²) < 4.78 is 44.3. The molecule has 3 nitrogen and oxygen atoms in total. The molecule has 0 unspecified atom stereocenters.